The van der Waals surface area contributed by atoms with E-state index in [0.717, 1.165) is 18.4 Å². The molecular weight excluding hydrogens is 174 g/mol. The summed E-state index contributed by atoms with van der Waals surface area (Å²) in [5.41, 5.74) is 13.4. The van der Waals surface area contributed by atoms with Crippen LogP contribution >= 0.6 is 0 Å². The first-order valence-electron chi connectivity index (χ1n) is 5.14. The molecule has 0 bridgehead atoms. The van der Waals surface area contributed by atoms with Crippen LogP contribution in [-0.4, -0.2) is 11.5 Å². The van der Waals surface area contributed by atoms with Gasteiger partial charge in [-0.05, 0) is 37.1 Å². The highest BCUT2D eigenvalue weighted by Crippen LogP contribution is 2.48. The maximum atomic E-state index is 6.24. The molecule has 1 heterocycles. The van der Waals surface area contributed by atoms with Crippen molar-refractivity contribution >= 4 is 0 Å². The molecule has 0 aromatic carbocycles. The lowest BCUT2D eigenvalue weighted by Crippen LogP contribution is -2.46. The highest BCUT2D eigenvalue weighted by molar-refractivity contribution is 5.19. The minimum atomic E-state index is 0.0734. The van der Waals surface area contributed by atoms with Gasteiger partial charge in [0.15, 0.2) is 0 Å². The predicted octanol–water partition coefficient (Wildman–Crippen LogP) is 1.21. The first-order valence-corrected chi connectivity index (χ1v) is 5.14. The number of aromatic nitrogens is 1. The molecule has 3 nitrogen and oxygen atoms in total. The van der Waals surface area contributed by atoms with Crippen LogP contribution in [0.2, 0.25) is 0 Å². The maximum Gasteiger partial charge on any atom is 0.0365 e. The molecule has 1 fully saturated rings. The fourth-order valence-corrected chi connectivity index (χ4v) is 2.20. The Morgan fingerprint density at radius 2 is 2.00 bits per heavy atom. The Labute approximate surface area is 84.5 Å². The molecule has 0 saturated heterocycles. The lowest BCUT2D eigenvalue weighted by Gasteiger charge is -2.45. The van der Waals surface area contributed by atoms with E-state index in [9.17, 15) is 0 Å². The second-order valence-electron chi connectivity index (χ2n) is 4.18. The summed E-state index contributed by atoms with van der Waals surface area (Å²) < 4.78 is 0. The number of nitrogens with zero attached hydrogens (tertiary/aromatic N) is 1. The molecule has 1 aromatic heterocycles. The van der Waals surface area contributed by atoms with Crippen molar-refractivity contribution in [2.75, 3.05) is 6.54 Å². The molecule has 1 aromatic rings. The van der Waals surface area contributed by atoms with E-state index in [1.54, 1.807) is 12.4 Å². The summed E-state index contributed by atoms with van der Waals surface area (Å²) in [7, 11) is 0. The van der Waals surface area contributed by atoms with E-state index in [1.165, 1.54) is 6.42 Å². The average Bonchev–Trinajstić information content (AvgIpc) is 2.18. The summed E-state index contributed by atoms with van der Waals surface area (Å²) in [6, 6.07) is 4.05. The number of nitrogens with two attached hydrogens (primary N) is 2. The average molecular weight is 191 g/mol. The van der Waals surface area contributed by atoms with Gasteiger partial charge in [0.2, 0.25) is 0 Å². The van der Waals surface area contributed by atoms with E-state index in [1.807, 2.05) is 12.1 Å². The van der Waals surface area contributed by atoms with Crippen molar-refractivity contribution in [2.45, 2.75) is 25.3 Å². The minimum absolute atomic E-state index is 0.0734. The number of rotatable bonds is 3. The summed E-state index contributed by atoms with van der Waals surface area (Å²) in [6.45, 7) is 0.691. The van der Waals surface area contributed by atoms with E-state index in [4.69, 9.17) is 11.5 Å². The van der Waals surface area contributed by atoms with E-state index in [-0.39, 0.29) is 11.5 Å². The van der Waals surface area contributed by atoms with Gasteiger partial charge in [-0.25, -0.2) is 0 Å². The Bertz CT molecular complexity index is 287. The summed E-state index contributed by atoms with van der Waals surface area (Å²) in [4.78, 5) is 3.99. The Kier molecular flexibility index (Phi) is 2.52. The van der Waals surface area contributed by atoms with Crippen LogP contribution in [0.4, 0.5) is 0 Å². The highest BCUT2D eigenvalue weighted by Gasteiger charge is 2.41. The zero-order valence-corrected chi connectivity index (χ0v) is 8.32. The van der Waals surface area contributed by atoms with Crippen molar-refractivity contribution < 1.29 is 0 Å². The number of hydrogen-bond acceptors (Lipinski definition) is 3. The Hall–Kier alpha value is -0.930. The topological polar surface area (TPSA) is 64.9 Å². The van der Waals surface area contributed by atoms with E-state index in [0.29, 0.717) is 6.54 Å². The quantitative estimate of drug-likeness (QED) is 0.754. The van der Waals surface area contributed by atoms with Crippen LogP contribution < -0.4 is 11.5 Å². The predicted molar refractivity (Wildman–Crippen MR) is 56.5 cm³/mol. The van der Waals surface area contributed by atoms with E-state index in [2.05, 4.69) is 4.98 Å². The molecule has 3 heteroatoms. The third-order valence-electron chi connectivity index (χ3n) is 3.48. The van der Waals surface area contributed by atoms with Crippen LogP contribution in [0.15, 0.2) is 24.5 Å². The third-order valence-corrected chi connectivity index (χ3v) is 3.48. The third kappa shape index (κ3) is 1.42. The van der Waals surface area contributed by atoms with Crippen molar-refractivity contribution in [3.63, 3.8) is 0 Å². The molecule has 76 valence electrons. The second kappa shape index (κ2) is 3.67. The lowest BCUT2D eigenvalue weighted by molar-refractivity contribution is 0.104. The van der Waals surface area contributed by atoms with Gasteiger partial charge in [0.1, 0.15) is 0 Å². The van der Waals surface area contributed by atoms with Crippen molar-refractivity contribution in [2.24, 2.45) is 16.9 Å². The molecule has 1 atom stereocenters. The molecule has 0 radical (unpaired) electrons. The van der Waals surface area contributed by atoms with Crippen molar-refractivity contribution in [3.8, 4) is 0 Å². The molecule has 0 aliphatic heterocycles. The van der Waals surface area contributed by atoms with Crippen LogP contribution in [0.5, 0.6) is 0 Å². The zero-order chi connectivity index (χ0) is 10.0. The first kappa shape index (κ1) is 9.62. The largest absolute Gasteiger partial charge is 0.330 e. The van der Waals surface area contributed by atoms with Crippen LogP contribution in [0, 0.1) is 5.41 Å². The van der Waals surface area contributed by atoms with Crippen LogP contribution in [0.1, 0.15) is 30.9 Å². The van der Waals surface area contributed by atoms with Gasteiger partial charge in [-0.15, -0.1) is 0 Å². The SMILES string of the molecule is NCC1(C(N)c2ccncc2)CCC1. The van der Waals surface area contributed by atoms with Gasteiger partial charge in [-0.3, -0.25) is 4.98 Å². The molecule has 4 N–H and O–H groups in total. The van der Waals surface area contributed by atoms with E-state index >= 15 is 0 Å². The van der Waals surface area contributed by atoms with Gasteiger partial charge in [0.05, 0.1) is 0 Å². The number of hydrogen-bond donors (Lipinski definition) is 2. The van der Waals surface area contributed by atoms with Crippen LogP contribution in [0.3, 0.4) is 0 Å². The molecule has 1 saturated carbocycles. The molecule has 2 rings (SSSR count). The van der Waals surface area contributed by atoms with Crippen molar-refractivity contribution in [1.82, 2.24) is 4.98 Å². The molecule has 1 unspecified atom stereocenters. The summed E-state index contributed by atoms with van der Waals surface area (Å²) >= 11 is 0. The summed E-state index contributed by atoms with van der Waals surface area (Å²) in [5.74, 6) is 0. The van der Waals surface area contributed by atoms with Crippen molar-refractivity contribution in [1.29, 1.82) is 0 Å². The number of pyridine rings is 1. The fraction of sp³-hybridized carbons (Fsp3) is 0.545. The van der Waals surface area contributed by atoms with Crippen LogP contribution in [0.25, 0.3) is 0 Å². The van der Waals surface area contributed by atoms with Gasteiger partial charge in [-0.2, -0.15) is 0 Å². The molecule has 0 amide bonds. The fourth-order valence-electron chi connectivity index (χ4n) is 2.20. The lowest BCUT2D eigenvalue weighted by atomic mass is 9.63. The minimum Gasteiger partial charge on any atom is -0.330 e. The Morgan fingerprint density at radius 1 is 1.36 bits per heavy atom. The monoisotopic (exact) mass is 191 g/mol. The smallest absolute Gasteiger partial charge is 0.0365 e. The van der Waals surface area contributed by atoms with Crippen molar-refractivity contribution in [3.05, 3.63) is 30.1 Å². The molecular formula is C11H17N3. The standard InChI is InChI=1S/C11H17N3/c12-8-11(4-1-5-11)10(13)9-2-6-14-7-3-9/h2-3,6-7,10H,1,4-5,8,12-13H2. The van der Waals surface area contributed by atoms with Gasteiger partial charge < -0.3 is 11.5 Å². The Balaban J connectivity index is 2.19. The Morgan fingerprint density at radius 3 is 2.43 bits per heavy atom. The second-order valence-corrected chi connectivity index (χ2v) is 4.18. The molecule has 14 heavy (non-hydrogen) atoms. The van der Waals surface area contributed by atoms with Gasteiger partial charge in [0, 0.05) is 23.9 Å². The molecule has 1 aliphatic carbocycles. The van der Waals surface area contributed by atoms with Gasteiger partial charge in [0.25, 0.3) is 0 Å². The normalized spacial score (nSPS) is 21.3. The first-order chi connectivity index (χ1) is 6.78. The summed E-state index contributed by atoms with van der Waals surface area (Å²) in [6.07, 6.45) is 7.16. The van der Waals surface area contributed by atoms with E-state index < -0.39 is 0 Å². The summed E-state index contributed by atoms with van der Waals surface area (Å²) in [5, 5.41) is 0. The molecule has 0 spiro atoms. The molecule has 1 aliphatic rings. The maximum absolute atomic E-state index is 6.24. The zero-order valence-electron chi connectivity index (χ0n) is 8.32. The highest BCUT2D eigenvalue weighted by atomic mass is 14.8. The van der Waals surface area contributed by atoms with Gasteiger partial charge in [-0.1, -0.05) is 6.42 Å². The van der Waals surface area contributed by atoms with Crippen LogP contribution in [-0.2, 0) is 0 Å². The van der Waals surface area contributed by atoms with Gasteiger partial charge >= 0.3 is 0 Å².